The maximum absolute atomic E-state index is 13.2. The SMILES string of the molecule is CC(=O)c1cc(F)ccc1-c1ccc(C(C)C)cc1. The molecule has 0 aliphatic heterocycles. The van der Waals surface area contributed by atoms with Crippen LogP contribution in [0.1, 0.15) is 42.6 Å². The molecule has 98 valence electrons. The summed E-state index contributed by atoms with van der Waals surface area (Å²) in [4.78, 5) is 11.6. The fourth-order valence-corrected chi connectivity index (χ4v) is 2.11. The number of halogens is 1. The third-order valence-electron chi connectivity index (χ3n) is 3.25. The van der Waals surface area contributed by atoms with Gasteiger partial charge in [0.2, 0.25) is 0 Å². The van der Waals surface area contributed by atoms with Gasteiger partial charge < -0.3 is 0 Å². The summed E-state index contributed by atoms with van der Waals surface area (Å²) in [7, 11) is 0. The summed E-state index contributed by atoms with van der Waals surface area (Å²) in [5.41, 5.74) is 3.39. The van der Waals surface area contributed by atoms with Crippen molar-refractivity contribution >= 4 is 5.78 Å². The van der Waals surface area contributed by atoms with Crippen LogP contribution in [-0.2, 0) is 0 Å². The molecule has 0 aromatic heterocycles. The Bertz CT molecular complexity index is 597. The van der Waals surface area contributed by atoms with Gasteiger partial charge in [-0.15, -0.1) is 0 Å². The second-order valence-electron chi connectivity index (χ2n) is 5.02. The number of benzene rings is 2. The van der Waals surface area contributed by atoms with E-state index < -0.39 is 0 Å². The maximum Gasteiger partial charge on any atom is 0.160 e. The molecule has 2 aromatic rings. The quantitative estimate of drug-likeness (QED) is 0.720. The Morgan fingerprint density at radius 1 is 1.05 bits per heavy atom. The molecule has 0 saturated carbocycles. The first-order valence-corrected chi connectivity index (χ1v) is 6.40. The van der Waals surface area contributed by atoms with Crippen molar-refractivity contribution in [2.75, 3.05) is 0 Å². The van der Waals surface area contributed by atoms with Gasteiger partial charge in [0, 0.05) is 5.56 Å². The van der Waals surface area contributed by atoms with Crippen LogP contribution in [0.4, 0.5) is 4.39 Å². The van der Waals surface area contributed by atoms with Crippen LogP contribution < -0.4 is 0 Å². The van der Waals surface area contributed by atoms with Crippen molar-refractivity contribution in [3.63, 3.8) is 0 Å². The fraction of sp³-hybridized carbons (Fsp3) is 0.235. The van der Waals surface area contributed by atoms with Gasteiger partial charge >= 0.3 is 0 Å². The van der Waals surface area contributed by atoms with Gasteiger partial charge in [0.15, 0.2) is 5.78 Å². The van der Waals surface area contributed by atoms with Gasteiger partial charge in [-0.3, -0.25) is 4.79 Å². The third kappa shape index (κ3) is 2.90. The van der Waals surface area contributed by atoms with E-state index in [4.69, 9.17) is 0 Å². The number of rotatable bonds is 3. The van der Waals surface area contributed by atoms with Gasteiger partial charge in [-0.25, -0.2) is 4.39 Å². The summed E-state index contributed by atoms with van der Waals surface area (Å²) >= 11 is 0. The topological polar surface area (TPSA) is 17.1 Å². The van der Waals surface area contributed by atoms with Crippen LogP contribution in [0.2, 0.25) is 0 Å². The second kappa shape index (κ2) is 5.35. The molecule has 0 spiro atoms. The molecule has 0 N–H and O–H groups in total. The van der Waals surface area contributed by atoms with Crippen molar-refractivity contribution in [3.05, 3.63) is 59.4 Å². The highest BCUT2D eigenvalue weighted by Crippen LogP contribution is 2.26. The Kier molecular flexibility index (Phi) is 3.79. The van der Waals surface area contributed by atoms with E-state index in [1.165, 1.54) is 24.6 Å². The predicted molar refractivity (Wildman–Crippen MR) is 75.9 cm³/mol. The molecule has 0 amide bonds. The molecule has 0 unspecified atom stereocenters. The van der Waals surface area contributed by atoms with Crippen molar-refractivity contribution < 1.29 is 9.18 Å². The summed E-state index contributed by atoms with van der Waals surface area (Å²) in [5, 5.41) is 0. The Labute approximate surface area is 113 Å². The van der Waals surface area contributed by atoms with Gasteiger partial charge in [0.1, 0.15) is 5.82 Å². The van der Waals surface area contributed by atoms with E-state index in [1.807, 2.05) is 24.3 Å². The molecule has 0 fully saturated rings. The highest BCUT2D eigenvalue weighted by atomic mass is 19.1. The van der Waals surface area contributed by atoms with E-state index in [0.29, 0.717) is 11.5 Å². The number of Topliss-reactive ketones (excluding diaryl/α,β-unsaturated/α-hetero) is 1. The van der Waals surface area contributed by atoms with Crippen molar-refractivity contribution in [1.82, 2.24) is 0 Å². The van der Waals surface area contributed by atoms with Crippen LogP contribution in [0, 0.1) is 5.82 Å². The molecule has 0 aliphatic rings. The molecular weight excluding hydrogens is 239 g/mol. The molecular formula is C17H17FO. The Morgan fingerprint density at radius 2 is 1.68 bits per heavy atom. The first-order valence-electron chi connectivity index (χ1n) is 6.40. The molecule has 0 saturated heterocycles. The Hall–Kier alpha value is -1.96. The monoisotopic (exact) mass is 256 g/mol. The van der Waals surface area contributed by atoms with E-state index in [0.717, 1.165) is 11.1 Å². The lowest BCUT2D eigenvalue weighted by Crippen LogP contribution is -1.97. The summed E-state index contributed by atoms with van der Waals surface area (Å²) in [6.07, 6.45) is 0. The van der Waals surface area contributed by atoms with E-state index in [9.17, 15) is 9.18 Å². The molecule has 19 heavy (non-hydrogen) atoms. The van der Waals surface area contributed by atoms with Gasteiger partial charge in [-0.1, -0.05) is 44.2 Å². The van der Waals surface area contributed by atoms with Gasteiger partial charge in [-0.2, -0.15) is 0 Å². The van der Waals surface area contributed by atoms with E-state index >= 15 is 0 Å². The number of carbonyl (C=O) groups excluding carboxylic acids is 1. The molecule has 2 heteroatoms. The van der Waals surface area contributed by atoms with Crippen LogP contribution in [0.15, 0.2) is 42.5 Å². The van der Waals surface area contributed by atoms with Crippen LogP contribution in [0.25, 0.3) is 11.1 Å². The van der Waals surface area contributed by atoms with E-state index in [2.05, 4.69) is 13.8 Å². The van der Waals surface area contributed by atoms with Crippen LogP contribution in [0.3, 0.4) is 0 Å². The zero-order valence-electron chi connectivity index (χ0n) is 11.4. The second-order valence-corrected chi connectivity index (χ2v) is 5.02. The standard InChI is InChI=1S/C17H17FO/c1-11(2)13-4-6-14(7-5-13)16-9-8-15(18)10-17(16)12(3)19/h4-11H,1-3H3. The van der Waals surface area contributed by atoms with E-state index in [-0.39, 0.29) is 11.6 Å². The average molecular weight is 256 g/mol. The van der Waals surface area contributed by atoms with Crippen molar-refractivity contribution in [2.24, 2.45) is 0 Å². The van der Waals surface area contributed by atoms with Gasteiger partial charge in [0.25, 0.3) is 0 Å². The maximum atomic E-state index is 13.2. The summed E-state index contributed by atoms with van der Waals surface area (Å²) in [5.74, 6) is -0.0373. The summed E-state index contributed by atoms with van der Waals surface area (Å²) < 4.78 is 13.2. The molecule has 0 atom stereocenters. The predicted octanol–water partition coefficient (Wildman–Crippen LogP) is 4.82. The summed E-state index contributed by atoms with van der Waals surface area (Å²) in [6.45, 7) is 5.72. The highest BCUT2D eigenvalue weighted by Gasteiger charge is 2.10. The highest BCUT2D eigenvalue weighted by molar-refractivity contribution is 6.00. The van der Waals surface area contributed by atoms with Crippen molar-refractivity contribution in [1.29, 1.82) is 0 Å². The zero-order chi connectivity index (χ0) is 14.0. The lowest BCUT2D eigenvalue weighted by molar-refractivity contribution is 0.101. The number of ketones is 1. The largest absolute Gasteiger partial charge is 0.294 e. The minimum atomic E-state index is -0.382. The molecule has 2 rings (SSSR count). The molecule has 0 radical (unpaired) electrons. The van der Waals surface area contributed by atoms with Crippen LogP contribution in [-0.4, -0.2) is 5.78 Å². The van der Waals surface area contributed by atoms with Gasteiger partial charge in [-0.05, 0) is 41.7 Å². The minimum absolute atomic E-state index is 0.123. The third-order valence-corrected chi connectivity index (χ3v) is 3.25. The normalized spacial score (nSPS) is 10.8. The molecule has 0 bridgehead atoms. The Balaban J connectivity index is 2.49. The lowest BCUT2D eigenvalue weighted by atomic mass is 9.94. The smallest absolute Gasteiger partial charge is 0.160 e. The minimum Gasteiger partial charge on any atom is -0.294 e. The number of hydrogen-bond acceptors (Lipinski definition) is 1. The summed E-state index contributed by atoms with van der Waals surface area (Å²) in [6, 6.07) is 12.4. The van der Waals surface area contributed by atoms with Crippen LogP contribution >= 0.6 is 0 Å². The number of hydrogen-bond donors (Lipinski definition) is 0. The molecule has 1 nitrogen and oxygen atoms in total. The number of carbonyl (C=O) groups is 1. The molecule has 2 aromatic carbocycles. The average Bonchev–Trinajstić information content (AvgIpc) is 2.38. The first kappa shape index (κ1) is 13.5. The van der Waals surface area contributed by atoms with Gasteiger partial charge in [0.05, 0.1) is 0 Å². The van der Waals surface area contributed by atoms with E-state index in [1.54, 1.807) is 6.07 Å². The zero-order valence-corrected chi connectivity index (χ0v) is 11.4. The molecule has 0 aliphatic carbocycles. The van der Waals surface area contributed by atoms with Crippen molar-refractivity contribution in [3.8, 4) is 11.1 Å². The van der Waals surface area contributed by atoms with Crippen molar-refractivity contribution in [2.45, 2.75) is 26.7 Å². The fourth-order valence-electron chi connectivity index (χ4n) is 2.11. The van der Waals surface area contributed by atoms with Crippen LogP contribution in [0.5, 0.6) is 0 Å². The first-order chi connectivity index (χ1) is 8.99. The lowest BCUT2D eigenvalue weighted by Gasteiger charge is -2.10. The Morgan fingerprint density at radius 3 is 2.21 bits per heavy atom. The molecule has 0 heterocycles.